The summed E-state index contributed by atoms with van der Waals surface area (Å²) in [7, 11) is 1.64. The summed E-state index contributed by atoms with van der Waals surface area (Å²) in [6.45, 7) is 0. The lowest BCUT2D eigenvalue weighted by atomic mass is 10.2. The Hall–Kier alpha value is -1.29. The number of aryl methyl sites for hydroxylation is 1. The van der Waals surface area contributed by atoms with Crippen molar-refractivity contribution in [3.05, 3.63) is 28.4 Å². The van der Waals surface area contributed by atoms with E-state index >= 15 is 0 Å². The molecule has 0 unspecified atom stereocenters. The maximum Gasteiger partial charge on any atom is 0.231 e. The zero-order valence-corrected chi connectivity index (χ0v) is 10.4. The molecule has 4 heteroatoms. The van der Waals surface area contributed by atoms with Gasteiger partial charge in [0.15, 0.2) is 0 Å². The van der Waals surface area contributed by atoms with Crippen LogP contribution in [0.3, 0.4) is 0 Å². The summed E-state index contributed by atoms with van der Waals surface area (Å²) in [5, 5.41) is 1.05. The quantitative estimate of drug-likeness (QED) is 0.804. The number of fused-ring (bicyclic) bond motifs is 3. The van der Waals surface area contributed by atoms with Crippen molar-refractivity contribution in [2.24, 2.45) is 0 Å². The van der Waals surface area contributed by atoms with Crippen LogP contribution in [0.25, 0.3) is 10.9 Å². The molecule has 3 nitrogen and oxygen atoms in total. The molecule has 0 spiro atoms. The summed E-state index contributed by atoms with van der Waals surface area (Å²) in [6, 6.07) is 5.91. The molecular formula is C12H10BrNO2. The Balaban J connectivity index is 2.38. The Kier molecular flexibility index (Phi) is 2.07. The van der Waals surface area contributed by atoms with Gasteiger partial charge in [0.1, 0.15) is 5.75 Å². The lowest BCUT2D eigenvalue weighted by Gasteiger charge is -2.04. The third-order valence-electron chi connectivity index (χ3n) is 2.98. The van der Waals surface area contributed by atoms with Gasteiger partial charge in [0.2, 0.25) is 5.91 Å². The first-order chi connectivity index (χ1) is 7.70. The number of hydrogen-bond donors (Lipinski definition) is 0. The van der Waals surface area contributed by atoms with Crippen LogP contribution < -0.4 is 4.74 Å². The smallest absolute Gasteiger partial charge is 0.231 e. The van der Waals surface area contributed by atoms with Crippen molar-refractivity contribution >= 4 is 32.7 Å². The minimum Gasteiger partial charge on any atom is -0.497 e. The molecule has 1 aromatic heterocycles. The number of nitrogens with zero attached hydrogens (tertiary/aromatic N) is 1. The molecule has 0 radical (unpaired) electrons. The van der Waals surface area contributed by atoms with Crippen LogP contribution in [0.5, 0.6) is 5.75 Å². The molecular weight excluding hydrogens is 270 g/mol. The highest BCUT2D eigenvalue weighted by Crippen LogP contribution is 2.34. The number of carbonyl (C=O) groups is 1. The summed E-state index contributed by atoms with van der Waals surface area (Å²) in [4.78, 5) is 11.8. The van der Waals surface area contributed by atoms with E-state index in [1.807, 2.05) is 12.1 Å². The Morgan fingerprint density at radius 3 is 2.88 bits per heavy atom. The predicted molar refractivity (Wildman–Crippen MR) is 65.1 cm³/mol. The SMILES string of the molecule is COc1cc(Br)c2c(c1)cc1n2C(=O)CC1. The van der Waals surface area contributed by atoms with Crippen molar-refractivity contribution in [2.45, 2.75) is 12.8 Å². The molecule has 0 saturated heterocycles. The normalized spacial score (nSPS) is 14.5. The molecule has 1 aliphatic heterocycles. The average Bonchev–Trinajstić information content (AvgIpc) is 2.78. The standard InChI is InChI=1S/C12H10BrNO2/c1-16-9-5-7-4-8-2-3-11(15)14(8)12(7)10(13)6-9/h4-6H,2-3H2,1H3. The number of halogens is 1. The highest BCUT2D eigenvalue weighted by Gasteiger charge is 2.23. The lowest BCUT2D eigenvalue weighted by Crippen LogP contribution is -2.03. The van der Waals surface area contributed by atoms with E-state index in [1.54, 1.807) is 11.7 Å². The van der Waals surface area contributed by atoms with E-state index in [9.17, 15) is 4.79 Å². The van der Waals surface area contributed by atoms with Crippen LogP contribution in [-0.4, -0.2) is 17.6 Å². The third-order valence-corrected chi connectivity index (χ3v) is 3.58. The van der Waals surface area contributed by atoms with Crippen molar-refractivity contribution in [3.8, 4) is 5.75 Å². The van der Waals surface area contributed by atoms with Gasteiger partial charge in [-0.15, -0.1) is 0 Å². The number of aromatic nitrogens is 1. The van der Waals surface area contributed by atoms with Crippen molar-refractivity contribution in [3.63, 3.8) is 0 Å². The molecule has 3 rings (SSSR count). The average molecular weight is 280 g/mol. The molecule has 0 N–H and O–H groups in total. The molecule has 1 aliphatic rings. The van der Waals surface area contributed by atoms with Crippen molar-refractivity contribution in [2.75, 3.05) is 7.11 Å². The van der Waals surface area contributed by atoms with Crippen LogP contribution >= 0.6 is 15.9 Å². The molecule has 1 aromatic carbocycles. The molecule has 0 atom stereocenters. The third kappa shape index (κ3) is 1.23. The fraction of sp³-hybridized carbons (Fsp3) is 0.250. The summed E-state index contributed by atoms with van der Waals surface area (Å²) in [5.74, 6) is 0.979. The number of hydrogen-bond acceptors (Lipinski definition) is 2. The zero-order valence-electron chi connectivity index (χ0n) is 8.79. The second kappa shape index (κ2) is 3.35. The number of benzene rings is 1. The number of rotatable bonds is 1. The first-order valence-corrected chi connectivity index (χ1v) is 5.91. The second-order valence-corrected chi connectivity index (χ2v) is 4.77. The molecule has 0 bridgehead atoms. The topological polar surface area (TPSA) is 31.2 Å². The van der Waals surface area contributed by atoms with Gasteiger partial charge in [-0.3, -0.25) is 9.36 Å². The van der Waals surface area contributed by atoms with E-state index in [0.29, 0.717) is 6.42 Å². The van der Waals surface area contributed by atoms with Crippen LogP contribution in [0.1, 0.15) is 16.9 Å². The van der Waals surface area contributed by atoms with Crippen molar-refractivity contribution in [1.82, 2.24) is 4.57 Å². The number of methoxy groups -OCH3 is 1. The van der Waals surface area contributed by atoms with Gasteiger partial charge in [0, 0.05) is 22.0 Å². The largest absolute Gasteiger partial charge is 0.497 e. The summed E-state index contributed by atoms with van der Waals surface area (Å²) < 4.78 is 7.92. The Labute approximate surface area is 101 Å². The van der Waals surface area contributed by atoms with Crippen LogP contribution in [-0.2, 0) is 6.42 Å². The molecule has 0 aliphatic carbocycles. The predicted octanol–water partition coefficient (Wildman–Crippen LogP) is 3.00. The van der Waals surface area contributed by atoms with Gasteiger partial charge in [-0.2, -0.15) is 0 Å². The minimum absolute atomic E-state index is 0.177. The molecule has 82 valence electrons. The van der Waals surface area contributed by atoms with E-state index in [1.165, 1.54) is 0 Å². The van der Waals surface area contributed by atoms with Gasteiger partial charge in [-0.25, -0.2) is 0 Å². The first-order valence-electron chi connectivity index (χ1n) is 5.12. The molecule has 16 heavy (non-hydrogen) atoms. The van der Waals surface area contributed by atoms with E-state index in [2.05, 4.69) is 22.0 Å². The summed E-state index contributed by atoms with van der Waals surface area (Å²) in [6.07, 6.45) is 1.45. The molecule has 0 saturated carbocycles. The van der Waals surface area contributed by atoms with E-state index in [4.69, 9.17) is 4.74 Å². The highest BCUT2D eigenvalue weighted by atomic mass is 79.9. The van der Waals surface area contributed by atoms with Gasteiger partial charge in [-0.05, 0) is 40.5 Å². The Morgan fingerprint density at radius 1 is 1.31 bits per heavy atom. The fourth-order valence-electron chi connectivity index (χ4n) is 2.26. The van der Waals surface area contributed by atoms with Crippen LogP contribution in [0.4, 0.5) is 0 Å². The monoisotopic (exact) mass is 279 g/mol. The Morgan fingerprint density at radius 2 is 2.12 bits per heavy atom. The Bertz CT molecular complexity index is 601. The fourth-order valence-corrected chi connectivity index (χ4v) is 2.89. The molecule has 0 amide bonds. The number of ether oxygens (including phenoxy) is 1. The van der Waals surface area contributed by atoms with Gasteiger partial charge < -0.3 is 4.74 Å². The second-order valence-electron chi connectivity index (χ2n) is 3.91. The molecule has 0 fully saturated rings. The minimum atomic E-state index is 0.177. The van der Waals surface area contributed by atoms with E-state index < -0.39 is 0 Å². The van der Waals surface area contributed by atoms with Crippen molar-refractivity contribution in [1.29, 1.82) is 0 Å². The van der Waals surface area contributed by atoms with Crippen LogP contribution in [0.2, 0.25) is 0 Å². The van der Waals surface area contributed by atoms with Gasteiger partial charge in [0.05, 0.1) is 12.6 Å². The number of carbonyl (C=O) groups excluding carboxylic acids is 1. The maximum atomic E-state index is 11.8. The van der Waals surface area contributed by atoms with E-state index in [0.717, 1.165) is 33.2 Å². The van der Waals surface area contributed by atoms with Crippen LogP contribution in [0.15, 0.2) is 22.7 Å². The molecule has 2 heterocycles. The molecule has 2 aromatic rings. The van der Waals surface area contributed by atoms with Gasteiger partial charge in [-0.1, -0.05) is 0 Å². The van der Waals surface area contributed by atoms with Crippen LogP contribution in [0, 0.1) is 0 Å². The summed E-state index contributed by atoms with van der Waals surface area (Å²) in [5.41, 5.74) is 2.05. The van der Waals surface area contributed by atoms with Gasteiger partial charge in [0.25, 0.3) is 0 Å². The first kappa shape index (κ1) is 9.90. The highest BCUT2D eigenvalue weighted by molar-refractivity contribution is 9.10. The van der Waals surface area contributed by atoms with E-state index in [-0.39, 0.29) is 5.91 Å². The zero-order chi connectivity index (χ0) is 11.3. The van der Waals surface area contributed by atoms with Gasteiger partial charge >= 0.3 is 0 Å². The lowest BCUT2D eigenvalue weighted by molar-refractivity contribution is 0.0928. The van der Waals surface area contributed by atoms with Crippen molar-refractivity contribution < 1.29 is 9.53 Å². The summed E-state index contributed by atoms with van der Waals surface area (Å²) >= 11 is 3.50. The maximum absolute atomic E-state index is 11.8.